The van der Waals surface area contributed by atoms with Crippen LogP contribution in [0.4, 0.5) is 16.4 Å². The molecule has 0 spiro atoms. The molecule has 1 aromatic carbocycles. The Morgan fingerprint density at radius 1 is 1.42 bits per heavy atom. The molecule has 0 fully saturated rings. The van der Waals surface area contributed by atoms with Crippen LogP contribution in [0, 0.1) is 0 Å². The molecule has 3 aromatic rings. The van der Waals surface area contributed by atoms with Gasteiger partial charge < -0.3 is 10.5 Å². The van der Waals surface area contributed by atoms with Gasteiger partial charge in [0.2, 0.25) is 0 Å². The summed E-state index contributed by atoms with van der Waals surface area (Å²) in [5.41, 5.74) is 7.98. The first-order chi connectivity index (χ1) is 11.7. The molecule has 0 bridgehead atoms. The van der Waals surface area contributed by atoms with Gasteiger partial charge in [-0.3, -0.25) is 5.32 Å². The molecule has 1 amide bonds. The number of imidazole rings is 1. The third-order valence-corrected chi connectivity index (χ3v) is 3.18. The summed E-state index contributed by atoms with van der Waals surface area (Å²) < 4.78 is 6.40. The van der Waals surface area contributed by atoms with Gasteiger partial charge >= 0.3 is 6.09 Å². The SMILES string of the molecule is CCOC(=O)Nc1cc2c(ncn2/N=C/c2ccccc2)c(N)n1. The Kier molecular flexibility index (Phi) is 4.37. The zero-order valence-corrected chi connectivity index (χ0v) is 13.0. The van der Waals surface area contributed by atoms with Gasteiger partial charge in [0.15, 0.2) is 5.82 Å². The van der Waals surface area contributed by atoms with E-state index in [-0.39, 0.29) is 18.2 Å². The average Bonchev–Trinajstić information content (AvgIpc) is 2.97. The van der Waals surface area contributed by atoms with E-state index in [0.717, 1.165) is 5.56 Å². The predicted molar refractivity (Wildman–Crippen MR) is 92.0 cm³/mol. The smallest absolute Gasteiger partial charge is 0.412 e. The molecule has 0 atom stereocenters. The Balaban J connectivity index is 1.93. The summed E-state index contributed by atoms with van der Waals surface area (Å²) in [7, 11) is 0. The number of aromatic nitrogens is 3. The van der Waals surface area contributed by atoms with Crippen molar-refractivity contribution < 1.29 is 9.53 Å². The van der Waals surface area contributed by atoms with Gasteiger partial charge in [-0.1, -0.05) is 30.3 Å². The van der Waals surface area contributed by atoms with Crippen molar-refractivity contribution in [2.45, 2.75) is 6.92 Å². The predicted octanol–water partition coefficient (Wildman–Crippen LogP) is 2.46. The maximum absolute atomic E-state index is 11.5. The number of rotatable bonds is 4. The minimum Gasteiger partial charge on any atom is -0.450 e. The summed E-state index contributed by atoms with van der Waals surface area (Å²) in [6.45, 7) is 1.99. The molecule has 122 valence electrons. The summed E-state index contributed by atoms with van der Waals surface area (Å²) in [6.07, 6.45) is 2.65. The van der Waals surface area contributed by atoms with Gasteiger partial charge in [-0.05, 0) is 12.5 Å². The Hall–Kier alpha value is -3.42. The van der Waals surface area contributed by atoms with E-state index in [1.54, 1.807) is 23.9 Å². The van der Waals surface area contributed by atoms with Crippen molar-refractivity contribution in [1.29, 1.82) is 0 Å². The van der Waals surface area contributed by atoms with Gasteiger partial charge in [0, 0.05) is 6.07 Å². The lowest BCUT2D eigenvalue weighted by molar-refractivity contribution is 0.168. The third kappa shape index (κ3) is 3.32. The minimum atomic E-state index is -0.595. The van der Waals surface area contributed by atoms with Crippen LogP contribution >= 0.6 is 0 Å². The topological polar surface area (TPSA) is 107 Å². The van der Waals surface area contributed by atoms with Crippen LogP contribution in [-0.2, 0) is 4.74 Å². The highest BCUT2D eigenvalue weighted by atomic mass is 16.5. The van der Waals surface area contributed by atoms with Gasteiger partial charge in [0.1, 0.15) is 17.7 Å². The van der Waals surface area contributed by atoms with Crippen molar-refractivity contribution in [2.24, 2.45) is 5.10 Å². The minimum absolute atomic E-state index is 0.202. The molecule has 3 N–H and O–H groups in total. The first kappa shape index (κ1) is 15.5. The molecule has 8 nitrogen and oxygen atoms in total. The van der Waals surface area contributed by atoms with E-state index < -0.39 is 6.09 Å². The summed E-state index contributed by atoms with van der Waals surface area (Å²) in [5.74, 6) is 0.475. The highest BCUT2D eigenvalue weighted by Crippen LogP contribution is 2.21. The Labute approximate surface area is 138 Å². The molecule has 8 heteroatoms. The second-order valence-corrected chi connectivity index (χ2v) is 4.85. The number of nitrogen functional groups attached to an aromatic ring is 1. The second kappa shape index (κ2) is 6.78. The Morgan fingerprint density at radius 2 is 2.21 bits per heavy atom. The van der Waals surface area contributed by atoms with Crippen LogP contribution in [0.2, 0.25) is 0 Å². The van der Waals surface area contributed by atoms with Crippen LogP contribution in [0.15, 0.2) is 47.8 Å². The van der Waals surface area contributed by atoms with Crippen LogP contribution in [0.3, 0.4) is 0 Å². The summed E-state index contributed by atoms with van der Waals surface area (Å²) in [6, 6.07) is 11.3. The summed E-state index contributed by atoms with van der Waals surface area (Å²) >= 11 is 0. The molecule has 0 saturated heterocycles. The summed E-state index contributed by atoms with van der Waals surface area (Å²) in [5, 5.41) is 6.89. The van der Waals surface area contributed by atoms with Crippen molar-refractivity contribution in [3.8, 4) is 0 Å². The molecule has 0 radical (unpaired) electrons. The zero-order valence-electron chi connectivity index (χ0n) is 13.0. The number of anilines is 2. The fourth-order valence-corrected chi connectivity index (χ4v) is 2.12. The van der Waals surface area contributed by atoms with Gasteiger partial charge in [0.25, 0.3) is 0 Å². The van der Waals surface area contributed by atoms with E-state index in [2.05, 4.69) is 20.4 Å². The zero-order chi connectivity index (χ0) is 16.9. The van der Waals surface area contributed by atoms with Gasteiger partial charge in [0.05, 0.1) is 18.3 Å². The number of fused-ring (bicyclic) bond motifs is 1. The standard InChI is InChI=1S/C16H16N6O2/c1-2-24-16(23)21-13-8-12-14(15(17)20-13)18-10-22(12)19-9-11-6-4-3-5-7-11/h3-10H,2H2,1H3,(H3,17,20,21,23)/b19-9+. The quantitative estimate of drug-likeness (QED) is 0.717. The lowest BCUT2D eigenvalue weighted by Crippen LogP contribution is -2.14. The van der Waals surface area contributed by atoms with E-state index in [1.807, 2.05) is 30.3 Å². The van der Waals surface area contributed by atoms with E-state index in [9.17, 15) is 4.79 Å². The van der Waals surface area contributed by atoms with Crippen LogP contribution in [-0.4, -0.2) is 33.6 Å². The number of carbonyl (C=O) groups excluding carboxylic acids is 1. The Bertz CT molecular complexity index is 888. The van der Waals surface area contributed by atoms with Gasteiger partial charge in [-0.15, -0.1) is 0 Å². The van der Waals surface area contributed by atoms with Gasteiger partial charge in [-0.2, -0.15) is 5.10 Å². The molecule has 24 heavy (non-hydrogen) atoms. The third-order valence-electron chi connectivity index (χ3n) is 3.18. The van der Waals surface area contributed by atoms with E-state index in [1.165, 1.54) is 6.33 Å². The number of carbonyl (C=O) groups is 1. The number of pyridine rings is 1. The monoisotopic (exact) mass is 324 g/mol. The Morgan fingerprint density at radius 3 is 2.96 bits per heavy atom. The molecule has 0 aliphatic carbocycles. The molecule has 2 heterocycles. The summed E-state index contributed by atoms with van der Waals surface area (Å²) in [4.78, 5) is 19.8. The lowest BCUT2D eigenvalue weighted by atomic mass is 10.2. The maximum Gasteiger partial charge on any atom is 0.412 e. The van der Waals surface area contributed by atoms with Crippen LogP contribution in [0.25, 0.3) is 11.0 Å². The normalized spacial score (nSPS) is 11.0. The molecule has 3 rings (SSSR count). The molecule has 0 aliphatic heterocycles. The fraction of sp³-hybridized carbons (Fsp3) is 0.125. The molecular weight excluding hydrogens is 308 g/mol. The van der Waals surface area contributed by atoms with Crippen molar-refractivity contribution in [3.05, 3.63) is 48.3 Å². The van der Waals surface area contributed by atoms with Crippen LogP contribution in [0.5, 0.6) is 0 Å². The highest BCUT2D eigenvalue weighted by Gasteiger charge is 2.11. The number of hydrogen-bond acceptors (Lipinski definition) is 6. The number of nitrogens with zero attached hydrogens (tertiary/aromatic N) is 4. The van der Waals surface area contributed by atoms with Crippen molar-refractivity contribution in [1.82, 2.24) is 14.6 Å². The van der Waals surface area contributed by atoms with Gasteiger partial charge in [-0.25, -0.2) is 19.4 Å². The maximum atomic E-state index is 11.5. The number of nitrogens with two attached hydrogens (primary N) is 1. The fourth-order valence-electron chi connectivity index (χ4n) is 2.12. The highest BCUT2D eigenvalue weighted by molar-refractivity contribution is 5.91. The average molecular weight is 324 g/mol. The molecule has 2 aromatic heterocycles. The number of amides is 1. The van der Waals surface area contributed by atoms with E-state index >= 15 is 0 Å². The van der Waals surface area contributed by atoms with Crippen LogP contribution in [0.1, 0.15) is 12.5 Å². The van der Waals surface area contributed by atoms with E-state index in [0.29, 0.717) is 11.0 Å². The first-order valence-electron chi connectivity index (χ1n) is 7.34. The second-order valence-electron chi connectivity index (χ2n) is 4.85. The lowest BCUT2D eigenvalue weighted by Gasteiger charge is -2.06. The number of hydrogen-bond donors (Lipinski definition) is 2. The number of nitrogens with one attached hydrogen (secondary N) is 1. The molecule has 0 unspecified atom stereocenters. The van der Waals surface area contributed by atoms with Crippen molar-refractivity contribution in [2.75, 3.05) is 17.7 Å². The first-order valence-corrected chi connectivity index (χ1v) is 7.34. The van der Waals surface area contributed by atoms with Crippen LogP contribution < -0.4 is 11.1 Å². The number of ether oxygens (including phenoxy) is 1. The van der Waals surface area contributed by atoms with Crippen molar-refractivity contribution >= 4 is 35.0 Å². The van der Waals surface area contributed by atoms with E-state index in [4.69, 9.17) is 10.5 Å². The molecular formula is C16H16N6O2. The number of benzene rings is 1. The molecule has 0 aliphatic rings. The largest absolute Gasteiger partial charge is 0.450 e. The van der Waals surface area contributed by atoms with Crippen molar-refractivity contribution in [3.63, 3.8) is 0 Å². The molecule has 0 saturated carbocycles.